The van der Waals surface area contributed by atoms with E-state index in [9.17, 15) is 4.79 Å². The summed E-state index contributed by atoms with van der Waals surface area (Å²) in [5.41, 5.74) is 2.61. The number of ether oxygens (including phenoxy) is 1. The van der Waals surface area contributed by atoms with Gasteiger partial charge in [-0.25, -0.2) is 0 Å². The van der Waals surface area contributed by atoms with Gasteiger partial charge in [0.15, 0.2) is 0 Å². The second-order valence-corrected chi connectivity index (χ2v) is 4.86. The van der Waals surface area contributed by atoms with Crippen LogP contribution in [0.15, 0.2) is 24.3 Å². The number of carbonyl (C=O) groups excluding carboxylic acids is 1. The Morgan fingerprint density at radius 1 is 1.37 bits per heavy atom. The van der Waals surface area contributed by atoms with Crippen LogP contribution in [0.5, 0.6) is 0 Å². The zero-order valence-corrected chi connectivity index (χ0v) is 11.5. The molecule has 1 aromatic carbocycles. The minimum atomic E-state index is -0.341. The van der Waals surface area contributed by atoms with Crippen LogP contribution in [0.2, 0.25) is 0 Å². The lowest BCUT2D eigenvalue weighted by molar-refractivity contribution is -0.135. The first-order valence-corrected chi connectivity index (χ1v) is 6.55. The number of halogens is 1. The molecule has 1 aliphatic heterocycles. The molecule has 19 heavy (non-hydrogen) atoms. The van der Waals surface area contributed by atoms with Crippen LogP contribution in [0.3, 0.4) is 0 Å². The van der Waals surface area contributed by atoms with Gasteiger partial charge in [0.2, 0.25) is 0 Å². The van der Waals surface area contributed by atoms with Crippen molar-refractivity contribution in [3.05, 3.63) is 35.4 Å². The Balaban J connectivity index is 0.00000133. The fourth-order valence-corrected chi connectivity index (χ4v) is 2.71. The molecule has 1 aliphatic carbocycles. The molecule has 0 bridgehead atoms. The summed E-state index contributed by atoms with van der Waals surface area (Å²) in [6, 6.07) is 8.48. The number of aryl methyl sites for hydroxylation is 1. The van der Waals surface area contributed by atoms with Crippen molar-refractivity contribution < 1.29 is 9.53 Å². The molecule has 2 unspecified atom stereocenters. The van der Waals surface area contributed by atoms with Crippen molar-refractivity contribution in [3.63, 3.8) is 0 Å². The molecule has 1 fully saturated rings. The molecule has 2 N–H and O–H groups in total. The van der Waals surface area contributed by atoms with E-state index in [2.05, 4.69) is 28.8 Å². The molecule has 4 nitrogen and oxygen atoms in total. The molecule has 0 spiro atoms. The number of rotatable bonds is 2. The quantitative estimate of drug-likeness (QED) is 0.857. The van der Waals surface area contributed by atoms with Crippen LogP contribution in [-0.4, -0.2) is 31.7 Å². The Hall–Kier alpha value is -1.10. The first kappa shape index (κ1) is 14.3. The summed E-state index contributed by atoms with van der Waals surface area (Å²) in [6.45, 7) is 2.05. The van der Waals surface area contributed by atoms with Crippen molar-refractivity contribution in [2.45, 2.75) is 25.0 Å². The largest absolute Gasteiger partial charge is 0.366 e. The zero-order valence-electron chi connectivity index (χ0n) is 10.7. The van der Waals surface area contributed by atoms with E-state index >= 15 is 0 Å². The van der Waals surface area contributed by atoms with Crippen LogP contribution in [0.1, 0.15) is 23.6 Å². The second-order valence-electron chi connectivity index (χ2n) is 4.86. The van der Waals surface area contributed by atoms with Crippen molar-refractivity contribution in [1.29, 1.82) is 0 Å². The second kappa shape index (κ2) is 6.37. The maximum atomic E-state index is 12.1. The van der Waals surface area contributed by atoms with E-state index in [1.54, 1.807) is 0 Å². The Kier molecular flexibility index (Phi) is 4.80. The lowest BCUT2D eigenvalue weighted by Crippen LogP contribution is -2.48. The third kappa shape index (κ3) is 3.08. The van der Waals surface area contributed by atoms with Crippen molar-refractivity contribution >= 4 is 18.3 Å². The molecular formula is C14H19ClN2O2. The number of hydrogen-bond donors (Lipinski definition) is 2. The Bertz CT molecular complexity index is 447. The zero-order chi connectivity index (χ0) is 12.4. The van der Waals surface area contributed by atoms with E-state index in [4.69, 9.17) is 4.74 Å². The maximum Gasteiger partial charge on any atom is 0.250 e. The standard InChI is InChI=1S/C14H18N2O2.ClH/c17-14(13-9-15-7-8-18-13)16-12-6-5-10-3-1-2-4-11(10)12;/h1-4,12-13,15H,5-9H2,(H,16,17);1H. The first-order valence-electron chi connectivity index (χ1n) is 6.55. The van der Waals surface area contributed by atoms with Gasteiger partial charge in [-0.1, -0.05) is 24.3 Å². The van der Waals surface area contributed by atoms with Gasteiger partial charge in [-0.3, -0.25) is 4.79 Å². The van der Waals surface area contributed by atoms with Crippen LogP contribution in [0.25, 0.3) is 0 Å². The number of morpholine rings is 1. The molecule has 2 atom stereocenters. The average molecular weight is 283 g/mol. The van der Waals surface area contributed by atoms with Gasteiger partial charge in [0.25, 0.3) is 5.91 Å². The van der Waals surface area contributed by atoms with Crippen LogP contribution in [0.4, 0.5) is 0 Å². The number of hydrogen-bond acceptors (Lipinski definition) is 3. The summed E-state index contributed by atoms with van der Waals surface area (Å²) in [5.74, 6) is 0.00361. The highest BCUT2D eigenvalue weighted by Crippen LogP contribution is 2.30. The monoisotopic (exact) mass is 282 g/mol. The Morgan fingerprint density at radius 2 is 2.21 bits per heavy atom. The van der Waals surface area contributed by atoms with Crippen molar-refractivity contribution in [2.75, 3.05) is 19.7 Å². The highest BCUT2D eigenvalue weighted by Gasteiger charge is 2.28. The Morgan fingerprint density at radius 3 is 3.00 bits per heavy atom. The topological polar surface area (TPSA) is 50.4 Å². The van der Waals surface area contributed by atoms with Gasteiger partial charge in [0.1, 0.15) is 6.10 Å². The molecule has 0 radical (unpaired) electrons. The number of fused-ring (bicyclic) bond motifs is 1. The first-order chi connectivity index (χ1) is 8.84. The maximum absolute atomic E-state index is 12.1. The van der Waals surface area contributed by atoms with E-state index in [-0.39, 0.29) is 30.5 Å². The third-order valence-electron chi connectivity index (χ3n) is 3.67. The van der Waals surface area contributed by atoms with Gasteiger partial charge in [-0.05, 0) is 24.0 Å². The number of benzene rings is 1. The lowest BCUT2D eigenvalue weighted by Gasteiger charge is -2.24. The molecular weight excluding hydrogens is 264 g/mol. The van der Waals surface area contributed by atoms with Gasteiger partial charge in [-0.15, -0.1) is 12.4 Å². The minimum Gasteiger partial charge on any atom is -0.366 e. The summed E-state index contributed by atoms with van der Waals surface area (Å²) in [6.07, 6.45) is 1.70. The smallest absolute Gasteiger partial charge is 0.250 e. The molecule has 1 heterocycles. The van der Waals surface area contributed by atoms with Crippen molar-refractivity contribution in [3.8, 4) is 0 Å². The minimum absolute atomic E-state index is 0. The molecule has 0 aromatic heterocycles. The van der Waals surface area contributed by atoms with Crippen LogP contribution < -0.4 is 10.6 Å². The number of nitrogens with one attached hydrogen (secondary N) is 2. The van der Waals surface area contributed by atoms with E-state index in [1.807, 2.05) is 6.07 Å². The summed E-state index contributed by atoms with van der Waals surface area (Å²) < 4.78 is 5.46. The predicted octanol–water partition coefficient (Wildman–Crippen LogP) is 1.20. The molecule has 3 rings (SSSR count). The summed E-state index contributed by atoms with van der Waals surface area (Å²) in [5, 5.41) is 6.27. The van der Waals surface area contributed by atoms with Crippen molar-refractivity contribution in [1.82, 2.24) is 10.6 Å². The summed E-state index contributed by atoms with van der Waals surface area (Å²) in [7, 11) is 0. The van der Waals surface area contributed by atoms with Gasteiger partial charge in [-0.2, -0.15) is 0 Å². The fourth-order valence-electron chi connectivity index (χ4n) is 2.71. The average Bonchev–Trinajstić information content (AvgIpc) is 2.83. The fraction of sp³-hybridized carbons (Fsp3) is 0.500. The number of carbonyl (C=O) groups is 1. The summed E-state index contributed by atoms with van der Waals surface area (Å²) in [4.78, 5) is 12.1. The van der Waals surface area contributed by atoms with Crippen LogP contribution >= 0.6 is 12.4 Å². The molecule has 5 heteroatoms. The van der Waals surface area contributed by atoms with E-state index in [0.29, 0.717) is 13.2 Å². The lowest BCUT2D eigenvalue weighted by atomic mass is 10.1. The van der Waals surface area contributed by atoms with Gasteiger partial charge in [0, 0.05) is 13.1 Å². The van der Waals surface area contributed by atoms with Crippen LogP contribution in [0, 0.1) is 0 Å². The summed E-state index contributed by atoms with van der Waals surface area (Å²) >= 11 is 0. The highest BCUT2D eigenvalue weighted by atomic mass is 35.5. The highest BCUT2D eigenvalue weighted by molar-refractivity contribution is 5.85. The molecule has 104 valence electrons. The van der Waals surface area contributed by atoms with Crippen LogP contribution in [-0.2, 0) is 16.0 Å². The van der Waals surface area contributed by atoms with E-state index in [1.165, 1.54) is 11.1 Å². The third-order valence-corrected chi connectivity index (χ3v) is 3.67. The predicted molar refractivity (Wildman–Crippen MR) is 75.5 cm³/mol. The molecule has 2 aliphatic rings. The molecule has 0 saturated carbocycles. The van der Waals surface area contributed by atoms with E-state index < -0.39 is 0 Å². The van der Waals surface area contributed by atoms with Gasteiger partial charge >= 0.3 is 0 Å². The van der Waals surface area contributed by atoms with Gasteiger partial charge < -0.3 is 15.4 Å². The SMILES string of the molecule is Cl.O=C(NC1CCc2ccccc21)C1CNCCO1. The van der Waals surface area contributed by atoms with Crippen molar-refractivity contribution in [2.24, 2.45) is 0 Å². The molecule has 1 amide bonds. The van der Waals surface area contributed by atoms with E-state index in [0.717, 1.165) is 19.4 Å². The number of amides is 1. The Labute approximate surface area is 119 Å². The van der Waals surface area contributed by atoms with Gasteiger partial charge in [0.05, 0.1) is 12.6 Å². The normalized spacial score (nSPS) is 25.3. The molecule has 1 aromatic rings. The molecule has 1 saturated heterocycles.